The maximum absolute atomic E-state index is 11.4. The number of thiazole rings is 1. The van der Waals surface area contributed by atoms with Crippen molar-refractivity contribution >= 4 is 41.6 Å². The van der Waals surface area contributed by atoms with Crippen LogP contribution in [0.1, 0.15) is 45.4 Å². The molecule has 0 aliphatic carbocycles. The van der Waals surface area contributed by atoms with E-state index in [9.17, 15) is 43.2 Å². The first kappa shape index (κ1) is 28.6. The number of rotatable bonds is 9. The van der Waals surface area contributed by atoms with Gasteiger partial charge < -0.3 is 4.13 Å². The first-order valence-electron chi connectivity index (χ1n) is 9.35. The van der Waals surface area contributed by atoms with Gasteiger partial charge in [-0.2, -0.15) is 30.9 Å². The quantitative estimate of drug-likeness (QED) is 0.241. The summed E-state index contributed by atoms with van der Waals surface area (Å²) < 4.78 is 113. The molecule has 0 atom stereocenters. The van der Waals surface area contributed by atoms with Crippen molar-refractivity contribution in [1.82, 2.24) is 0 Å². The van der Waals surface area contributed by atoms with Gasteiger partial charge in [0, 0.05) is 12.5 Å². The van der Waals surface area contributed by atoms with Crippen LogP contribution in [0, 0.1) is 0 Å². The Morgan fingerprint density at radius 3 is 1.88 bits per heavy atom. The van der Waals surface area contributed by atoms with Crippen molar-refractivity contribution in [2.75, 3.05) is 0 Å². The summed E-state index contributed by atoms with van der Waals surface area (Å²) in [6.07, 6.45) is 8.23. The molecule has 6 nitrogen and oxygen atoms in total. The lowest BCUT2D eigenvalue weighted by atomic mass is 10.1. The van der Waals surface area contributed by atoms with Gasteiger partial charge in [-0.15, -0.1) is 0 Å². The van der Waals surface area contributed by atoms with Gasteiger partial charge in [0.1, 0.15) is 11.2 Å². The molecule has 2 aromatic rings. The number of aryl methyl sites for hydroxylation is 1. The lowest BCUT2D eigenvalue weighted by molar-refractivity contribution is -0.667. The number of hydrogen-bond donors (Lipinski definition) is 0. The molecule has 1 aromatic heterocycles. The third-order valence-electron chi connectivity index (χ3n) is 4.02. The number of nitrogens with zero attached hydrogens (tertiary/aromatic N) is 2. The SMILES string of the molecule is CCCCCCCC[n+]1csc2ccccc21.O=S(=O)([N-]S(=O)(=O)C(F)(F)F)C(F)(F)F. The number of alkyl halides is 6. The first-order chi connectivity index (χ1) is 14.6. The average molecular weight is 529 g/mol. The van der Waals surface area contributed by atoms with Crippen LogP contribution in [0.25, 0.3) is 14.3 Å². The molecule has 0 spiro atoms. The number of sulfonamides is 2. The molecule has 0 saturated carbocycles. The highest BCUT2D eigenvalue weighted by molar-refractivity contribution is 8.13. The number of aromatic nitrogens is 1. The van der Waals surface area contributed by atoms with E-state index in [4.69, 9.17) is 0 Å². The molecule has 0 bridgehead atoms. The van der Waals surface area contributed by atoms with Crippen LogP contribution in [0.5, 0.6) is 0 Å². The van der Waals surface area contributed by atoms with E-state index in [-0.39, 0.29) is 0 Å². The molecule has 0 unspecified atom stereocenters. The Bertz CT molecular complexity index is 1020. The lowest BCUT2D eigenvalue weighted by Gasteiger charge is -2.22. The van der Waals surface area contributed by atoms with Gasteiger partial charge in [-0.1, -0.05) is 56.1 Å². The lowest BCUT2D eigenvalue weighted by Crippen LogP contribution is -2.31. The number of halogens is 6. The van der Waals surface area contributed by atoms with Crippen molar-refractivity contribution in [3.63, 3.8) is 0 Å². The second-order valence-electron chi connectivity index (χ2n) is 6.57. The van der Waals surface area contributed by atoms with Crippen molar-refractivity contribution in [2.24, 2.45) is 0 Å². The first-order valence-corrected chi connectivity index (χ1v) is 13.1. The van der Waals surface area contributed by atoms with Crippen LogP contribution in [0.2, 0.25) is 0 Å². The number of benzene rings is 1. The summed E-state index contributed by atoms with van der Waals surface area (Å²) in [6, 6.07) is 8.68. The Hall–Kier alpha value is -1.45. The smallest absolute Gasteiger partial charge is 0.421 e. The van der Waals surface area contributed by atoms with Crippen molar-refractivity contribution in [3.8, 4) is 0 Å². The van der Waals surface area contributed by atoms with Crippen LogP contribution in [-0.2, 0) is 26.6 Å². The van der Waals surface area contributed by atoms with Gasteiger partial charge >= 0.3 is 11.0 Å². The summed E-state index contributed by atoms with van der Waals surface area (Å²) in [7, 11) is -13.4. The predicted molar refractivity (Wildman–Crippen MR) is 109 cm³/mol. The van der Waals surface area contributed by atoms with Gasteiger partial charge in [0.15, 0.2) is 20.0 Å². The Morgan fingerprint density at radius 1 is 0.844 bits per heavy atom. The molecule has 2 rings (SSSR count). The molecule has 0 aliphatic rings. The van der Waals surface area contributed by atoms with E-state index in [1.807, 2.05) is 11.3 Å². The highest BCUT2D eigenvalue weighted by atomic mass is 32.3. The molecule has 0 N–H and O–H groups in total. The minimum atomic E-state index is -6.72. The van der Waals surface area contributed by atoms with Gasteiger partial charge in [0.2, 0.25) is 11.0 Å². The van der Waals surface area contributed by atoms with Crippen molar-refractivity contribution in [1.29, 1.82) is 0 Å². The van der Waals surface area contributed by atoms with E-state index < -0.39 is 31.1 Å². The monoisotopic (exact) mass is 528 g/mol. The highest BCUT2D eigenvalue weighted by Gasteiger charge is 2.46. The number of para-hydroxylation sites is 1. The molecule has 0 radical (unpaired) electrons. The second kappa shape index (κ2) is 11.6. The number of fused-ring (bicyclic) bond motifs is 1. The van der Waals surface area contributed by atoms with Crippen LogP contribution >= 0.6 is 11.3 Å². The maximum atomic E-state index is 11.4. The van der Waals surface area contributed by atoms with Crippen LogP contribution in [-0.4, -0.2) is 27.9 Å². The molecular weight excluding hydrogens is 506 g/mol. The Kier molecular flexibility index (Phi) is 10.4. The van der Waals surface area contributed by atoms with Gasteiger partial charge in [-0.05, 0) is 12.5 Å². The fourth-order valence-electron chi connectivity index (χ4n) is 2.42. The van der Waals surface area contributed by atoms with E-state index in [0.29, 0.717) is 0 Å². The van der Waals surface area contributed by atoms with Crippen LogP contribution in [0.3, 0.4) is 0 Å². The summed E-state index contributed by atoms with van der Waals surface area (Å²) in [4.78, 5) is 0. The Balaban J connectivity index is 0.000000324. The standard InChI is InChI=1S/C15H22NS.C2F6NO4S2/c1-2-3-4-5-6-9-12-16-13-17-15-11-8-7-10-14(15)16;3-1(4,5)14(10,11)9-15(12,13)2(6,7)8/h7-8,10-11,13H,2-6,9,12H2,1H3;/q+1;-1. The van der Waals surface area contributed by atoms with E-state index in [2.05, 4.69) is 41.3 Å². The summed E-state index contributed by atoms with van der Waals surface area (Å²) in [6.45, 7) is 3.45. The van der Waals surface area contributed by atoms with Crippen LogP contribution in [0.4, 0.5) is 26.3 Å². The minimum Gasteiger partial charge on any atom is -0.421 e. The van der Waals surface area contributed by atoms with Crippen molar-refractivity contribution in [3.05, 3.63) is 33.9 Å². The third-order valence-corrected chi connectivity index (χ3v) is 7.71. The minimum absolute atomic E-state index is 0.778. The molecule has 1 heterocycles. The van der Waals surface area contributed by atoms with Crippen LogP contribution < -0.4 is 4.57 Å². The topological polar surface area (TPSA) is 86.3 Å². The fourth-order valence-corrected chi connectivity index (χ4v) is 5.05. The molecular formula is C17H22F6N2O4S3. The zero-order valence-electron chi connectivity index (χ0n) is 16.9. The van der Waals surface area contributed by atoms with Crippen molar-refractivity contribution < 1.29 is 47.7 Å². The Morgan fingerprint density at radius 2 is 1.34 bits per heavy atom. The summed E-state index contributed by atoms with van der Waals surface area (Å²) >= 11 is 1.85. The molecule has 0 saturated heterocycles. The van der Waals surface area contributed by atoms with E-state index >= 15 is 0 Å². The fraction of sp³-hybridized carbons (Fsp3) is 0.588. The molecule has 184 valence electrons. The van der Waals surface area contributed by atoms with Gasteiger partial charge in [0.25, 0.3) is 0 Å². The molecule has 0 fully saturated rings. The largest absolute Gasteiger partial charge is 0.480 e. The zero-order chi connectivity index (χ0) is 24.6. The summed E-state index contributed by atoms with van der Waals surface area (Å²) in [5.41, 5.74) is -8.75. The van der Waals surface area contributed by atoms with Gasteiger partial charge in [0.05, 0.1) is 0 Å². The van der Waals surface area contributed by atoms with E-state index in [1.54, 1.807) is 0 Å². The Labute approximate surface area is 186 Å². The molecule has 0 amide bonds. The summed E-state index contributed by atoms with van der Waals surface area (Å²) in [5, 5.41) is 0. The third kappa shape index (κ3) is 8.48. The van der Waals surface area contributed by atoms with Gasteiger partial charge in [-0.3, -0.25) is 0 Å². The molecule has 0 aliphatic heterocycles. The van der Waals surface area contributed by atoms with Crippen molar-refractivity contribution in [2.45, 2.75) is 63.0 Å². The number of unbranched alkanes of at least 4 members (excludes halogenated alkanes) is 5. The normalized spacial score (nSPS) is 13.1. The van der Waals surface area contributed by atoms with Gasteiger partial charge in [-0.25, -0.2) is 16.8 Å². The zero-order valence-corrected chi connectivity index (χ0v) is 19.3. The molecule has 15 heteroatoms. The second-order valence-corrected chi connectivity index (χ2v) is 10.9. The highest BCUT2D eigenvalue weighted by Crippen LogP contribution is 2.36. The molecule has 1 aromatic carbocycles. The van der Waals surface area contributed by atoms with Crippen LogP contribution in [0.15, 0.2) is 29.8 Å². The number of hydrogen-bond acceptors (Lipinski definition) is 5. The van der Waals surface area contributed by atoms with E-state index in [1.165, 1.54) is 55.3 Å². The maximum Gasteiger partial charge on any atom is 0.480 e. The summed E-state index contributed by atoms with van der Waals surface area (Å²) in [5.74, 6) is 0. The predicted octanol–water partition coefficient (Wildman–Crippen LogP) is 5.61. The molecule has 32 heavy (non-hydrogen) atoms. The van der Waals surface area contributed by atoms with E-state index in [0.717, 1.165) is 4.13 Å². The average Bonchev–Trinajstić information content (AvgIpc) is 3.06.